The lowest BCUT2D eigenvalue weighted by Gasteiger charge is -2.05. The molecular formula is C19H16N4O3. The molecule has 0 fully saturated rings. The van der Waals surface area contributed by atoms with Crippen LogP contribution in [-0.2, 0) is 0 Å². The number of hydrogen-bond donors (Lipinski definition) is 4. The molecule has 0 aliphatic rings. The molecule has 7 nitrogen and oxygen atoms in total. The van der Waals surface area contributed by atoms with E-state index in [1.165, 1.54) is 12.1 Å². The first-order chi connectivity index (χ1) is 12.3. The second-order valence-electron chi connectivity index (χ2n) is 6.35. The first-order valence-corrected chi connectivity index (χ1v) is 8.01. The van der Waals surface area contributed by atoms with Gasteiger partial charge in [0, 0.05) is 10.9 Å². The number of aromatic amines is 2. The van der Waals surface area contributed by atoms with Crippen LogP contribution in [0.15, 0.2) is 35.1 Å². The summed E-state index contributed by atoms with van der Waals surface area (Å²) >= 11 is 0. The first-order valence-electron chi connectivity index (χ1n) is 8.01. The Hall–Kier alpha value is -3.61. The van der Waals surface area contributed by atoms with Gasteiger partial charge in [0.15, 0.2) is 5.69 Å². The summed E-state index contributed by atoms with van der Waals surface area (Å²) in [6.45, 7) is 3.95. The molecule has 0 saturated carbocycles. The van der Waals surface area contributed by atoms with Crippen molar-refractivity contribution in [3.8, 4) is 11.4 Å². The average molecular weight is 348 g/mol. The number of carboxylic acids is 1. The lowest BCUT2D eigenvalue weighted by molar-refractivity contribution is 0.0697. The number of nitrogens with zero attached hydrogens (tertiary/aromatic N) is 1. The van der Waals surface area contributed by atoms with Gasteiger partial charge in [-0.1, -0.05) is 0 Å². The van der Waals surface area contributed by atoms with Crippen molar-refractivity contribution in [2.24, 2.45) is 0 Å². The first kappa shape index (κ1) is 15.9. The zero-order chi connectivity index (χ0) is 18.6. The molecule has 130 valence electrons. The number of hydrogen-bond acceptors (Lipinski definition) is 4. The van der Waals surface area contributed by atoms with E-state index in [0.29, 0.717) is 33.3 Å². The van der Waals surface area contributed by atoms with E-state index in [0.717, 1.165) is 11.1 Å². The van der Waals surface area contributed by atoms with E-state index in [1.54, 1.807) is 6.07 Å². The van der Waals surface area contributed by atoms with Crippen LogP contribution in [0.1, 0.15) is 21.5 Å². The molecule has 2 aromatic heterocycles. The predicted octanol–water partition coefficient (Wildman–Crippen LogP) is 2.97. The molecule has 0 spiro atoms. The van der Waals surface area contributed by atoms with Crippen molar-refractivity contribution in [2.75, 3.05) is 5.73 Å². The molecule has 0 aliphatic heterocycles. The lowest BCUT2D eigenvalue weighted by Crippen LogP contribution is -2.12. The highest BCUT2D eigenvalue weighted by Crippen LogP contribution is 2.31. The second kappa shape index (κ2) is 5.45. The molecule has 2 aromatic carbocycles. The number of aromatic carboxylic acids is 1. The molecule has 0 bridgehead atoms. The van der Waals surface area contributed by atoms with Crippen molar-refractivity contribution in [3.05, 3.63) is 57.4 Å². The Balaban J connectivity index is 1.98. The quantitative estimate of drug-likeness (QED) is 0.443. The Labute approximate surface area is 147 Å². The van der Waals surface area contributed by atoms with E-state index in [4.69, 9.17) is 10.8 Å². The van der Waals surface area contributed by atoms with Crippen molar-refractivity contribution in [3.63, 3.8) is 0 Å². The summed E-state index contributed by atoms with van der Waals surface area (Å²) in [5, 5.41) is 9.69. The summed E-state index contributed by atoms with van der Waals surface area (Å²) in [6.07, 6.45) is 0. The number of nitrogens with one attached hydrogen (secondary N) is 2. The second-order valence-corrected chi connectivity index (χ2v) is 6.35. The highest BCUT2D eigenvalue weighted by atomic mass is 16.4. The molecule has 4 aromatic rings. The molecule has 5 N–H and O–H groups in total. The minimum atomic E-state index is -1.04. The smallest absolute Gasteiger partial charge is 0.335 e. The number of nitrogen functional groups attached to an aromatic ring is 1. The van der Waals surface area contributed by atoms with E-state index in [2.05, 4.69) is 15.0 Å². The van der Waals surface area contributed by atoms with E-state index in [1.807, 2.05) is 26.0 Å². The zero-order valence-corrected chi connectivity index (χ0v) is 14.2. The van der Waals surface area contributed by atoms with Crippen molar-refractivity contribution in [1.29, 1.82) is 0 Å². The average Bonchev–Trinajstić information content (AvgIpc) is 2.92. The van der Waals surface area contributed by atoms with Crippen LogP contribution < -0.4 is 11.3 Å². The van der Waals surface area contributed by atoms with Gasteiger partial charge in [0.05, 0.1) is 28.0 Å². The third-order valence-corrected chi connectivity index (χ3v) is 4.63. The number of benzene rings is 2. The Bertz CT molecular complexity index is 1270. The van der Waals surface area contributed by atoms with Crippen molar-refractivity contribution < 1.29 is 9.90 Å². The van der Waals surface area contributed by atoms with Gasteiger partial charge in [-0.25, -0.2) is 9.78 Å². The molecule has 2 heterocycles. The van der Waals surface area contributed by atoms with Crippen LogP contribution in [0.2, 0.25) is 0 Å². The molecule has 0 unspecified atom stereocenters. The van der Waals surface area contributed by atoms with Gasteiger partial charge in [0.2, 0.25) is 0 Å². The number of carbonyl (C=O) groups is 1. The summed E-state index contributed by atoms with van der Waals surface area (Å²) in [7, 11) is 0. The van der Waals surface area contributed by atoms with Crippen LogP contribution in [0.4, 0.5) is 5.69 Å². The highest BCUT2D eigenvalue weighted by molar-refractivity contribution is 6.03. The maximum Gasteiger partial charge on any atom is 0.335 e. The Morgan fingerprint density at radius 2 is 1.81 bits per heavy atom. The van der Waals surface area contributed by atoms with Gasteiger partial charge < -0.3 is 20.8 Å². The van der Waals surface area contributed by atoms with Crippen LogP contribution >= 0.6 is 0 Å². The maximum atomic E-state index is 12.5. The summed E-state index contributed by atoms with van der Waals surface area (Å²) in [5.74, 6) is -1.04. The number of rotatable bonds is 2. The number of aromatic nitrogens is 3. The minimum absolute atomic E-state index is 0.126. The third kappa shape index (κ3) is 2.33. The maximum absolute atomic E-state index is 12.5. The molecule has 0 atom stereocenters. The Morgan fingerprint density at radius 3 is 2.54 bits per heavy atom. The Kier molecular flexibility index (Phi) is 3.33. The van der Waals surface area contributed by atoms with E-state index in [-0.39, 0.29) is 16.8 Å². The summed E-state index contributed by atoms with van der Waals surface area (Å²) in [4.78, 5) is 34.1. The van der Waals surface area contributed by atoms with E-state index >= 15 is 0 Å². The van der Waals surface area contributed by atoms with Crippen LogP contribution in [0.3, 0.4) is 0 Å². The molecule has 7 heteroatoms. The third-order valence-electron chi connectivity index (χ3n) is 4.63. The fourth-order valence-corrected chi connectivity index (χ4v) is 3.05. The summed E-state index contributed by atoms with van der Waals surface area (Å²) in [6, 6.07) is 8.38. The largest absolute Gasteiger partial charge is 0.478 e. The van der Waals surface area contributed by atoms with Gasteiger partial charge in [0.25, 0.3) is 5.56 Å². The van der Waals surface area contributed by atoms with Gasteiger partial charge in [-0.2, -0.15) is 0 Å². The van der Waals surface area contributed by atoms with Crippen LogP contribution in [0.25, 0.3) is 33.3 Å². The number of H-pyrrole nitrogens is 2. The molecule has 0 amide bonds. The van der Waals surface area contributed by atoms with Crippen molar-refractivity contribution >= 4 is 33.6 Å². The molecule has 0 saturated heterocycles. The minimum Gasteiger partial charge on any atom is -0.478 e. The van der Waals surface area contributed by atoms with Gasteiger partial charge in [-0.05, 0) is 55.3 Å². The molecule has 0 radical (unpaired) electrons. The van der Waals surface area contributed by atoms with Crippen LogP contribution in [0.5, 0.6) is 0 Å². The fraction of sp³-hybridized carbons (Fsp3) is 0.105. The predicted molar refractivity (Wildman–Crippen MR) is 101 cm³/mol. The molecule has 26 heavy (non-hydrogen) atoms. The number of fused-ring (bicyclic) bond motifs is 2. The van der Waals surface area contributed by atoms with Crippen LogP contribution in [0, 0.1) is 13.8 Å². The SMILES string of the molecule is Cc1cc2nc(-c3[nH]c4ccc(C(=O)O)cc4c3N)c(=O)[nH]c2cc1C. The molecule has 4 rings (SSSR count). The Morgan fingerprint density at radius 1 is 1.08 bits per heavy atom. The fourth-order valence-electron chi connectivity index (χ4n) is 3.05. The monoisotopic (exact) mass is 348 g/mol. The van der Waals surface area contributed by atoms with Gasteiger partial charge >= 0.3 is 5.97 Å². The standard InChI is InChI=1S/C19H16N4O3/c1-8-5-13-14(6-9(8)2)23-18(24)17(22-13)16-15(20)11-7-10(19(25)26)3-4-12(11)21-16/h3-7,21H,20H2,1-2H3,(H,23,24)(H,25,26). The number of carboxylic acid groups (broad SMARTS) is 1. The summed E-state index contributed by atoms with van der Waals surface area (Å²) < 4.78 is 0. The van der Waals surface area contributed by atoms with Crippen molar-refractivity contribution in [2.45, 2.75) is 13.8 Å². The molecular weight excluding hydrogens is 332 g/mol. The summed E-state index contributed by atoms with van der Waals surface area (Å²) in [5.41, 5.74) is 10.9. The number of aryl methyl sites for hydroxylation is 2. The van der Waals surface area contributed by atoms with E-state index < -0.39 is 5.97 Å². The number of anilines is 1. The molecule has 0 aliphatic carbocycles. The normalized spacial score (nSPS) is 11.3. The number of nitrogens with two attached hydrogens (primary N) is 1. The van der Waals surface area contributed by atoms with Crippen molar-refractivity contribution in [1.82, 2.24) is 15.0 Å². The van der Waals surface area contributed by atoms with Gasteiger partial charge in [-0.15, -0.1) is 0 Å². The van der Waals surface area contributed by atoms with Gasteiger partial charge in [0.1, 0.15) is 0 Å². The topological polar surface area (TPSA) is 125 Å². The van der Waals surface area contributed by atoms with Crippen LogP contribution in [-0.4, -0.2) is 26.0 Å². The van der Waals surface area contributed by atoms with E-state index in [9.17, 15) is 9.59 Å². The lowest BCUT2D eigenvalue weighted by atomic mass is 10.1. The highest BCUT2D eigenvalue weighted by Gasteiger charge is 2.17. The van der Waals surface area contributed by atoms with Gasteiger partial charge in [-0.3, -0.25) is 4.79 Å². The zero-order valence-electron chi connectivity index (χ0n) is 14.2.